The first-order valence-electron chi connectivity index (χ1n) is 3.61. The number of rotatable bonds is 4. The highest BCUT2D eigenvalue weighted by Crippen LogP contribution is 1.71. The van der Waals surface area contributed by atoms with Crippen molar-refractivity contribution in [2.45, 2.75) is 26.7 Å². The summed E-state index contributed by atoms with van der Waals surface area (Å²) in [6.07, 6.45) is 2.01. The Hall–Kier alpha value is -0.700. The van der Waals surface area contributed by atoms with Crippen molar-refractivity contribution in [3.8, 4) is 0 Å². The Morgan fingerprint density at radius 2 is 2.00 bits per heavy atom. The molecule has 0 aliphatic heterocycles. The van der Waals surface area contributed by atoms with E-state index in [0.29, 0.717) is 19.4 Å². The molecule has 0 N–H and O–H groups in total. The van der Waals surface area contributed by atoms with Crippen LogP contribution in [0.25, 0.3) is 0 Å². The van der Waals surface area contributed by atoms with Crippen molar-refractivity contribution in [3.05, 3.63) is 0 Å². The van der Waals surface area contributed by atoms with E-state index in [4.69, 9.17) is 0 Å². The molecule has 11 heavy (non-hydrogen) atoms. The first-order chi connectivity index (χ1) is 5.18. The van der Waals surface area contributed by atoms with E-state index in [0.717, 1.165) is 6.29 Å². The number of ketones is 1. The summed E-state index contributed by atoms with van der Waals surface area (Å²) in [4.78, 5) is 19.3. The van der Waals surface area contributed by atoms with Crippen molar-refractivity contribution in [2.75, 3.05) is 13.7 Å². The average Bonchev–Trinajstić information content (AvgIpc) is 2.02. The van der Waals surface area contributed by atoms with Gasteiger partial charge in [0.15, 0.2) is 0 Å². The summed E-state index contributed by atoms with van der Waals surface area (Å²) in [5, 5.41) is 0. The molecule has 0 aromatic rings. The maximum atomic E-state index is 9.81. The Morgan fingerprint density at radius 1 is 1.55 bits per heavy atom. The molecule has 0 atom stereocenters. The minimum Gasteiger partial charge on any atom is -0.384 e. The number of methoxy groups -OCH3 is 1. The van der Waals surface area contributed by atoms with Crippen LogP contribution in [0.3, 0.4) is 0 Å². The zero-order chi connectivity index (χ0) is 9.11. The van der Waals surface area contributed by atoms with Gasteiger partial charge in [0.2, 0.25) is 0 Å². The maximum absolute atomic E-state index is 9.81. The van der Waals surface area contributed by atoms with Crippen LogP contribution in [0.2, 0.25) is 0 Å². The molecule has 0 saturated carbocycles. The van der Waals surface area contributed by atoms with E-state index in [-0.39, 0.29) is 5.78 Å². The summed E-state index contributed by atoms with van der Waals surface area (Å²) in [6, 6.07) is 0. The quantitative estimate of drug-likeness (QED) is 0.458. The minimum absolute atomic E-state index is 0.255. The second kappa shape index (κ2) is 12.0. The smallest absolute Gasteiger partial charge is 0.129 e. The van der Waals surface area contributed by atoms with Gasteiger partial charge in [0.1, 0.15) is 12.1 Å². The maximum Gasteiger partial charge on any atom is 0.129 e. The molecule has 0 saturated heterocycles. The third-order valence-electron chi connectivity index (χ3n) is 0.938. The number of hydrogen-bond donors (Lipinski definition) is 0. The van der Waals surface area contributed by atoms with Gasteiger partial charge in [-0.25, -0.2) is 0 Å². The van der Waals surface area contributed by atoms with Gasteiger partial charge >= 0.3 is 0 Å². The summed E-state index contributed by atoms with van der Waals surface area (Å²) < 4.78 is 4.55. The van der Waals surface area contributed by atoms with Crippen LogP contribution in [0.4, 0.5) is 0 Å². The molecule has 0 aliphatic carbocycles. The standard InChI is InChI=1S/C4H8O2.C4H8O/c1-6-4-2-3-5;1-3-4(2)5/h3H,2,4H2,1H3;3H2,1-2H3. The van der Waals surface area contributed by atoms with Gasteiger partial charge in [0.25, 0.3) is 0 Å². The molecule has 0 amide bonds. The summed E-state index contributed by atoms with van der Waals surface area (Å²) >= 11 is 0. The Balaban J connectivity index is 0. The van der Waals surface area contributed by atoms with E-state index in [9.17, 15) is 9.59 Å². The molecule has 0 rings (SSSR count). The predicted octanol–water partition coefficient (Wildman–Crippen LogP) is 1.21. The molecule has 0 bridgehead atoms. The first kappa shape index (κ1) is 12.9. The fraction of sp³-hybridized carbons (Fsp3) is 0.750. The second-order valence-corrected chi connectivity index (χ2v) is 2.00. The van der Waals surface area contributed by atoms with Crippen LogP contribution in [-0.2, 0) is 14.3 Å². The van der Waals surface area contributed by atoms with Crippen LogP contribution < -0.4 is 0 Å². The van der Waals surface area contributed by atoms with E-state index in [1.165, 1.54) is 0 Å². The van der Waals surface area contributed by atoms with Gasteiger partial charge in [0.05, 0.1) is 6.61 Å². The van der Waals surface area contributed by atoms with E-state index < -0.39 is 0 Å². The summed E-state index contributed by atoms with van der Waals surface area (Å²) in [6.45, 7) is 3.98. The van der Waals surface area contributed by atoms with Gasteiger partial charge in [-0.3, -0.25) is 0 Å². The highest BCUT2D eigenvalue weighted by molar-refractivity contribution is 5.74. The lowest BCUT2D eigenvalue weighted by Gasteiger charge is -1.84. The number of carbonyl (C=O) groups is 2. The fourth-order valence-electron chi connectivity index (χ4n) is 0.166. The zero-order valence-corrected chi connectivity index (χ0v) is 7.42. The number of aldehydes is 1. The van der Waals surface area contributed by atoms with Gasteiger partial charge in [0, 0.05) is 20.0 Å². The van der Waals surface area contributed by atoms with E-state index >= 15 is 0 Å². The lowest BCUT2D eigenvalue weighted by atomic mass is 10.4. The molecule has 0 radical (unpaired) electrons. The van der Waals surface area contributed by atoms with E-state index in [2.05, 4.69) is 4.74 Å². The molecular formula is C8H16O3. The van der Waals surface area contributed by atoms with Gasteiger partial charge in [-0.15, -0.1) is 0 Å². The molecule has 0 aromatic carbocycles. The fourth-order valence-corrected chi connectivity index (χ4v) is 0.166. The lowest BCUT2D eigenvalue weighted by molar-refractivity contribution is -0.116. The van der Waals surface area contributed by atoms with Gasteiger partial charge in [-0.05, 0) is 6.92 Å². The molecule has 3 nitrogen and oxygen atoms in total. The van der Waals surface area contributed by atoms with Crippen LogP contribution in [-0.4, -0.2) is 25.8 Å². The molecule has 0 aliphatic rings. The predicted molar refractivity (Wildman–Crippen MR) is 43.5 cm³/mol. The van der Waals surface area contributed by atoms with Crippen molar-refractivity contribution in [1.82, 2.24) is 0 Å². The van der Waals surface area contributed by atoms with Crippen LogP contribution in [0.1, 0.15) is 26.7 Å². The van der Waals surface area contributed by atoms with Crippen LogP contribution >= 0.6 is 0 Å². The van der Waals surface area contributed by atoms with E-state index in [1.54, 1.807) is 14.0 Å². The van der Waals surface area contributed by atoms with Crippen molar-refractivity contribution in [2.24, 2.45) is 0 Å². The monoisotopic (exact) mass is 160 g/mol. The Labute approximate surface area is 67.7 Å². The number of Topliss-reactive ketones (excluding diaryl/α,β-unsaturated/α-hetero) is 1. The third-order valence-corrected chi connectivity index (χ3v) is 0.938. The molecule has 0 aromatic heterocycles. The van der Waals surface area contributed by atoms with Crippen molar-refractivity contribution < 1.29 is 14.3 Å². The SMILES string of the molecule is CCC(C)=O.COCCC=O. The number of carbonyl (C=O) groups excluding carboxylic acids is 2. The number of ether oxygens (including phenoxy) is 1. The van der Waals surface area contributed by atoms with Crippen LogP contribution in [0, 0.1) is 0 Å². The van der Waals surface area contributed by atoms with Gasteiger partial charge in [-0.1, -0.05) is 6.92 Å². The molecule has 0 spiro atoms. The highest BCUT2D eigenvalue weighted by Gasteiger charge is 1.77. The first-order valence-corrected chi connectivity index (χ1v) is 3.61. The largest absolute Gasteiger partial charge is 0.384 e. The second-order valence-electron chi connectivity index (χ2n) is 2.00. The zero-order valence-electron chi connectivity index (χ0n) is 7.42. The average molecular weight is 160 g/mol. The summed E-state index contributed by atoms with van der Waals surface area (Å²) in [5.74, 6) is 0.255. The normalized spacial score (nSPS) is 7.91. The molecule has 0 heterocycles. The van der Waals surface area contributed by atoms with E-state index in [1.807, 2.05) is 6.92 Å². The van der Waals surface area contributed by atoms with Crippen molar-refractivity contribution in [3.63, 3.8) is 0 Å². The Kier molecular flexibility index (Phi) is 14.1. The molecule has 3 heteroatoms. The van der Waals surface area contributed by atoms with Crippen molar-refractivity contribution in [1.29, 1.82) is 0 Å². The molecule has 66 valence electrons. The molecule has 0 unspecified atom stereocenters. The minimum atomic E-state index is 0.255. The molecule has 0 fully saturated rings. The number of hydrogen-bond acceptors (Lipinski definition) is 3. The Bertz CT molecular complexity index is 99.5. The summed E-state index contributed by atoms with van der Waals surface area (Å²) in [7, 11) is 1.57. The lowest BCUT2D eigenvalue weighted by Crippen LogP contribution is -1.86. The van der Waals surface area contributed by atoms with Crippen LogP contribution in [0.15, 0.2) is 0 Å². The van der Waals surface area contributed by atoms with Crippen molar-refractivity contribution >= 4 is 12.1 Å². The highest BCUT2D eigenvalue weighted by atomic mass is 16.5. The van der Waals surface area contributed by atoms with Crippen LogP contribution in [0.5, 0.6) is 0 Å². The van der Waals surface area contributed by atoms with Gasteiger partial charge < -0.3 is 14.3 Å². The Morgan fingerprint density at radius 3 is 2.09 bits per heavy atom. The molecular weight excluding hydrogens is 144 g/mol. The van der Waals surface area contributed by atoms with Gasteiger partial charge in [-0.2, -0.15) is 0 Å². The summed E-state index contributed by atoms with van der Waals surface area (Å²) in [5.41, 5.74) is 0. The topological polar surface area (TPSA) is 43.4 Å². The third kappa shape index (κ3) is 26.8.